The molecule has 1 rings (SSSR count). The van der Waals surface area contributed by atoms with Crippen LogP contribution in [0, 0.1) is 0 Å². The van der Waals surface area contributed by atoms with Crippen LogP contribution in [-0.2, 0) is 9.53 Å². The van der Waals surface area contributed by atoms with Gasteiger partial charge in [-0.3, -0.25) is 10.1 Å². The van der Waals surface area contributed by atoms with Gasteiger partial charge in [-0.25, -0.2) is 9.59 Å². The van der Waals surface area contributed by atoms with Crippen LogP contribution in [0.1, 0.15) is 10.4 Å². The Kier molecular flexibility index (Phi) is 6.69. The number of urea groups is 1. The van der Waals surface area contributed by atoms with Crippen LogP contribution in [0.4, 0.5) is 4.79 Å². The SMILES string of the molecule is COCCNC(=O)NC(=O)COc1ccc(C(=O)O)cc1. The molecule has 0 unspecified atom stereocenters. The smallest absolute Gasteiger partial charge is 0.335 e. The zero-order valence-electron chi connectivity index (χ0n) is 11.4. The number of aromatic carboxylic acids is 1. The highest BCUT2D eigenvalue weighted by molar-refractivity contribution is 5.95. The van der Waals surface area contributed by atoms with Crippen LogP contribution < -0.4 is 15.4 Å². The summed E-state index contributed by atoms with van der Waals surface area (Å²) >= 11 is 0. The number of imide groups is 1. The summed E-state index contributed by atoms with van der Waals surface area (Å²) in [6.45, 7) is 0.269. The number of amides is 3. The summed E-state index contributed by atoms with van der Waals surface area (Å²) < 4.78 is 9.85. The molecule has 8 nitrogen and oxygen atoms in total. The number of benzene rings is 1. The summed E-state index contributed by atoms with van der Waals surface area (Å²) in [5.41, 5.74) is 0.115. The van der Waals surface area contributed by atoms with Gasteiger partial charge in [-0.1, -0.05) is 0 Å². The molecule has 0 atom stereocenters. The van der Waals surface area contributed by atoms with Gasteiger partial charge in [0.15, 0.2) is 6.61 Å². The van der Waals surface area contributed by atoms with Crippen LogP contribution in [0.2, 0.25) is 0 Å². The van der Waals surface area contributed by atoms with Crippen molar-refractivity contribution >= 4 is 17.9 Å². The van der Waals surface area contributed by atoms with Crippen molar-refractivity contribution in [2.24, 2.45) is 0 Å². The molecule has 3 amide bonds. The zero-order valence-corrected chi connectivity index (χ0v) is 11.4. The standard InChI is InChI=1S/C13H16N2O6/c1-20-7-6-14-13(19)15-11(16)8-21-10-4-2-9(3-5-10)12(17)18/h2-5H,6-8H2,1H3,(H,17,18)(H2,14,15,16,19). The Morgan fingerprint density at radius 3 is 2.43 bits per heavy atom. The lowest BCUT2D eigenvalue weighted by Gasteiger charge is -2.08. The first kappa shape index (κ1) is 16.4. The minimum absolute atomic E-state index is 0.115. The Labute approximate surface area is 121 Å². The van der Waals surface area contributed by atoms with Crippen molar-refractivity contribution in [2.45, 2.75) is 0 Å². The number of methoxy groups -OCH3 is 1. The molecule has 0 aliphatic rings. The lowest BCUT2D eigenvalue weighted by molar-refractivity contribution is -0.122. The van der Waals surface area contributed by atoms with Crippen molar-refractivity contribution < 1.29 is 29.0 Å². The molecule has 1 aromatic rings. The third kappa shape index (κ3) is 6.39. The van der Waals surface area contributed by atoms with Crippen molar-refractivity contribution in [3.63, 3.8) is 0 Å². The summed E-state index contributed by atoms with van der Waals surface area (Å²) in [7, 11) is 1.49. The van der Waals surface area contributed by atoms with Gasteiger partial charge in [0, 0.05) is 13.7 Å². The molecule has 21 heavy (non-hydrogen) atoms. The normalized spacial score (nSPS) is 9.76. The number of carbonyl (C=O) groups excluding carboxylic acids is 2. The largest absolute Gasteiger partial charge is 0.484 e. The molecule has 0 saturated heterocycles. The van der Waals surface area contributed by atoms with E-state index in [-0.39, 0.29) is 18.7 Å². The number of nitrogens with one attached hydrogen (secondary N) is 2. The van der Waals surface area contributed by atoms with Gasteiger partial charge in [-0.05, 0) is 24.3 Å². The molecular weight excluding hydrogens is 280 g/mol. The highest BCUT2D eigenvalue weighted by atomic mass is 16.5. The fraction of sp³-hybridized carbons (Fsp3) is 0.308. The van der Waals surface area contributed by atoms with Gasteiger partial charge in [-0.15, -0.1) is 0 Å². The number of hydrogen-bond acceptors (Lipinski definition) is 5. The molecular formula is C13H16N2O6. The van der Waals surface area contributed by atoms with Crippen molar-refractivity contribution in [2.75, 3.05) is 26.9 Å². The number of ether oxygens (including phenoxy) is 2. The molecule has 0 radical (unpaired) electrons. The first-order valence-electron chi connectivity index (χ1n) is 6.05. The fourth-order valence-electron chi connectivity index (χ4n) is 1.32. The second kappa shape index (κ2) is 8.54. The molecule has 3 N–H and O–H groups in total. The molecule has 0 fully saturated rings. The van der Waals surface area contributed by atoms with Gasteiger partial charge in [0.05, 0.1) is 12.2 Å². The van der Waals surface area contributed by atoms with E-state index in [1.54, 1.807) is 0 Å². The van der Waals surface area contributed by atoms with E-state index in [0.29, 0.717) is 12.4 Å². The minimum Gasteiger partial charge on any atom is -0.484 e. The van der Waals surface area contributed by atoms with Crippen LogP contribution in [0.25, 0.3) is 0 Å². The first-order chi connectivity index (χ1) is 10.0. The van der Waals surface area contributed by atoms with Crippen molar-refractivity contribution in [1.29, 1.82) is 0 Å². The maximum absolute atomic E-state index is 11.4. The van der Waals surface area contributed by atoms with Gasteiger partial charge in [0.2, 0.25) is 0 Å². The van der Waals surface area contributed by atoms with Crippen molar-refractivity contribution in [3.05, 3.63) is 29.8 Å². The molecule has 114 valence electrons. The van der Waals surface area contributed by atoms with Crippen molar-refractivity contribution in [3.8, 4) is 5.75 Å². The quantitative estimate of drug-likeness (QED) is 0.621. The average Bonchev–Trinajstić information content (AvgIpc) is 2.46. The van der Waals surface area contributed by atoms with Crippen LogP contribution in [-0.4, -0.2) is 49.9 Å². The summed E-state index contributed by atoms with van der Waals surface area (Å²) in [5.74, 6) is -1.34. The third-order valence-corrected chi connectivity index (χ3v) is 2.32. The number of carboxylic acid groups (broad SMARTS) is 1. The zero-order chi connectivity index (χ0) is 15.7. The number of carboxylic acids is 1. The molecule has 8 heteroatoms. The monoisotopic (exact) mass is 296 g/mol. The van der Waals surface area contributed by atoms with E-state index in [1.807, 2.05) is 0 Å². The molecule has 0 aromatic heterocycles. The molecule has 1 aromatic carbocycles. The van der Waals surface area contributed by atoms with E-state index >= 15 is 0 Å². The van der Waals surface area contributed by atoms with Gasteiger partial charge < -0.3 is 19.9 Å². The Bertz CT molecular complexity index is 500. The van der Waals surface area contributed by atoms with E-state index in [4.69, 9.17) is 14.6 Å². The predicted molar refractivity (Wildman–Crippen MR) is 72.3 cm³/mol. The van der Waals surface area contributed by atoms with E-state index in [9.17, 15) is 14.4 Å². The highest BCUT2D eigenvalue weighted by Gasteiger charge is 2.08. The summed E-state index contributed by atoms with van der Waals surface area (Å²) in [6, 6.07) is 4.92. The summed E-state index contributed by atoms with van der Waals surface area (Å²) in [5, 5.41) is 13.2. The topological polar surface area (TPSA) is 114 Å². The van der Waals surface area contributed by atoms with Crippen LogP contribution in [0.3, 0.4) is 0 Å². The van der Waals surface area contributed by atoms with Crippen LogP contribution in [0.15, 0.2) is 24.3 Å². The summed E-state index contributed by atoms with van der Waals surface area (Å²) in [4.78, 5) is 33.3. The maximum atomic E-state index is 11.4. The van der Waals surface area contributed by atoms with Crippen LogP contribution >= 0.6 is 0 Å². The molecule has 0 aliphatic carbocycles. The lowest BCUT2D eigenvalue weighted by atomic mass is 10.2. The Balaban J connectivity index is 2.32. The molecule has 0 heterocycles. The second-order valence-electron chi connectivity index (χ2n) is 3.92. The molecule has 0 saturated carbocycles. The maximum Gasteiger partial charge on any atom is 0.335 e. The minimum atomic E-state index is -1.05. The van der Waals surface area contributed by atoms with Gasteiger partial charge >= 0.3 is 12.0 Å². The molecule has 0 bridgehead atoms. The Morgan fingerprint density at radius 2 is 1.86 bits per heavy atom. The number of rotatable bonds is 7. The van der Waals surface area contributed by atoms with Gasteiger partial charge in [0.25, 0.3) is 5.91 Å². The van der Waals surface area contributed by atoms with E-state index in [0.717, 1.165) is 0 Å². The third-order valence-electron chi connectivity index (χ3n) is 2.32. The van der Waals surface area contributed by atoms with Gasteiger partial charge in [-0.2, -0.15) is 0 Å². The Hall–Kier alpha value is -2.61. The van der Waals surface area contributed by atoms with E-state index in [1.165, 1.54) is 31.4 Å². The molecule has 0 aliphatic heterocycles. The number of carbonyl (C=O) groups is 3. The molecule has 0 spiro atoms. The summed E-state index contributed by atoms with van der Waals surface area (Å²) in [6.07, 6.45) is 0. The second-order valence-corrected chi connectivity index (χ2v) is 3.92. The number of hydrogen-bond donors (Lipinski definition) is 3. The van der Waals surface area contributed by atoms with Gasteiger partial charge in [0.1, 0.15) is 5.75 Å². The highest BCUT2D eigenvalue weighted by Crippen LogP contribution is 2.11. The van der Waals surface area contributed by atoms with E-state index in [2.05, 4.69) is 10.6 Å². The Morgan fingerprint density at radius 1 is 1.19 bits per heavy atom. The van der Waals surface area contributed by atoms with Crippen molar-refractivity contribution in [1.82, 2.24) is 10.6 Å². The van der Waals surface area contributed by atoms with Crippen LogP contribution in [0.5, 0.6) is 5.75 Å². The van der Waals surface area contributed by atoms with E-state index < -0.39 is 17.9 Å². The average molecular weight is 296 g/mol. The fourth-order valence-corrected chi connectivity index (χ4v) is 1.32. The first-order valence-corrected chi connectivity index (χ1v) is 6.05. The lowest BCUT2D eigenvalue weighted by Crippen LogP contribution is -2.42. The predicted octanol–water partition coefficient (Wildman–Crippen LogP) is 0.236.